The lowest BCUT2D eigenvalue weighted by Crippen LogP contribution is -2.39. The molecule has 2 bridgehead atoms. The van der Waals surface area contributed by atoms with Crippen molar-refractivity contribution < 1.29 is 9.90 Å². The highest BCUT2D eigenvalue weighted by Gasteiger charge is 2.39. The van der Waals surface area contributed by atoms with Crippen molar-refractivity contribution in [3.63, 3.8) is 0 Å². The van der Waals surface area contributed by atoms with Gasteiger partial charge in [0, 0.05) is 18.0 Å². The van der Waals surface area contributed by atoms with E-state index in [0.29, 0.717) is 18.0 Å². The van der Waals surface area contributed by atoms with Crippen LogP contribution in [0.1, 0.15) is 47.9 Å². The van der Waals surface area contributed by atoms with Crippen LogP contribution in [0.5, 0.6) is 0 Å². The molecule has 2 N–H and O–H groups in total. The lowest BCUT2D eigenvalue weighted by atomic mass is 9.90. The van der Waals surface area contributed by atoms with Crippen LogP contribution in [0.2, 0.25) is 0 Å². The molecule has 3 rings (SSSR count). The van der Waals surface area contributed by atoms with Crippen LogP contribution >= 0.6 is 0 Å². The van der Waals surface area contributed by atoms with Crippen LogP contribution in [-0.2, 0) is 0 Å². The summed E-state index contributed by atoms with van der Waals surface area (Å²) in [4.78, 5) is 20.4. The van der Waals surface area contributed by atoms with E-state index in [1.807, 2.05) is 0 Å². The van der Waals surface area contributed by atoms with Crippen molar-refractivity contribution in [2.75, 3.05) is 7.05 Å². The SMILES string of the molecule is CN1[C@H]2CC[C@H]1CC(c1ncc(C(=O)O)[nH]1)C2. The van der Waals surface area contributed by atoms with E-state index in [1.54, 1.807) is 0 Å². The summed E-state index contributed by atoms with van der Waals surface area (Å²) in [5.74, 6) is 0.323. The highest BCUT2D eigenvalue weighted by atomic mass is 16.4. The number of carbonyl (C=O) groups is 1. The second kappa shape index (κ2) is 3.84. The van der Waals surface area contributed by atoms with Crippen LogP contribution in [0.25, 0.3) is 0 Å². The summed E-state index contributed by atoms with van der Waals surface area (Å²) in [6, 6.07) is 1.30. The summed E-state index contributed by atoms with van der Waals surface area (Å²) in [7, 11) is 2.20. The minimum Gasteiger partial charge on any atom is -0.477 e. The summed E-state index contributed by atoms with van der Waals surface area (Å²) >= 11 is 0. The number of imidazole rings is 1. The van der Waals surface area contributed by atoms with Gasteiger partial charge in [0.2, 0.25) is 0 Å². The summed E-state index contributed by atoms with van der Waals surface area (Å²) in [5.41, 5.74) is 0.200. The number of H-pyrrole nitrogens is 1. The number of aromatic amines is 1. The first-order chi connectivity index (χ1) is 8.15. The number of piperidine rings is 1. The third-order valence-electron chi connectivity index (χ3n) is 4.31. The molecular weight excluding hydrogens is 218 g/mol. The number of aromatic carboxylic acids is 1. The predicted octanol–water partition coefficient (Wildman–Crippen LogP) is 1.45. The Balaban J connectivity index is 1.79. The number of nitrogens with one attached hydrogen (secondary N) is 1. The maximum Gasteiger partial charge on any atom is 0.353 e. The molecule has 0 saturated carbocycles. The Kier molecular flexibility index (Phi) is 2.43. The van der Waals surface area contributed by atoms with Crippen molar-refractivity contribution in [3.05, 3.63) is 17.7 Å². The lowest BCUT2D eigenvalue weighted by Gasteiger charge is -2.35. The van der Waals surface area contributed by atoms with E-state index < -0.39 is 5.97 Å². The van der Waals surface area contributed by atoms with Gasteiger partial charge in [-0.2, -0.15) is 0 Å². The van der Waals surface area contributed by atoms with Gasteiger partial charge in [-0.1, -0.05) is 0 Å². The Morgan fingerprint density at radius 2 is 2.12 bits per heavy atom. The van der Waals surface area contributed by atoms with E-state index in [4.69, 9.17) is 5.11 Å². The molecule has 0 aromatic carbocycles. The smallest absolute Gasteiger partial charge is 0.353 e. The van der Waals surface area contributed by atoms with Crippen molar-refractivity contribution in [2.24, 2.45) is 0 Å². The number of carboxylic acid groups (broad SMARTS) is 1. The standard InChI is InChI=1S/C12H17N3O2/c1-15-8-2-3-9(15)5-7(4-8)11-13-6-10(14-11)12(16)17/h6-9H,2-5H2,1H3,(H,13,14)(H,16,17)/t8-,9-/m0/s1. The topological polar surface area (TPSA) is 69.2 Å². The molecule has 3 heterocycles. The number of rotatable bonds is 2. The zero-order valence-electron chi connectivity index (χ0n) is 9.89. The Morgan fingerprint density at radius 3 is 2.65 bits per heavy atom. The van der Waals surface area contributed by atoms with Crippen molar-refractivity contribution in [1.82, 2.24) is 14.9 Å². The fourth-order valence-electron chi connectivity index (χ4n) is 3.29. The minimum absolute atomic E-state index is 0.200. The van der Waals surface area contributed by atoms with Crippen LogP contribution < -0.4 is 0 Å². The lowest BCUT2D eigenvalue weighted by molar-refractivity contribution is 0.0691. The van der Waals surface area contributed by atoms with Crippen molar-refractivity contribution in [3.8, 4) is 0 Å². The van der Waals surface area contributed by atoms with Gasteiger partial charge in [0.15, 0.2) is 0 Å². The number of hydrogen-bond acceptors (Lipinski definition) is 3. The molecule has 17 heavy (non-hydrogen) atoms. The van der Waals surface area contributed by atoms with E-state index in [-0.39, 0.29) is 5.69 Å². The molecule has 2 saturated heterocycles. The first kappa shape index (κ1) is 10.8. The molecule has 2 fully saturated rings. The Labute approximate surface area is 99.8 Å². The number of hydrogen-bond donors (Lipinski definition) is 2. The zero-order valence-corrected chi connectivity index (χ0v) is 9.89. The Morgan fingerprint density at radius 1 is 1.47 bits per heavy atom. The van der Waals surface area contributed by atoms with E-state index >= 15 is 0 Å². The van der Waals surface area contributed by atoms with Crippen LogP contribution in [0.4, 0.5) is 0 Å². The third kappa shape index (κ3) is 1.74. The van der Waals surface area contributed by atoms with E-state index in [9.17, 15) is 4.79 Å². The van der Waals surface area contributed by atoms with Crippen molar-refractivity contribution in [2.45, 2.75) is 43.7 Å². The molecule has 1 aromatic rings. The molecule has 2 aliphatic heterocycles. The predicted molar refractivity (Wildman–Crippen MR) is 62.1 cm³/mol. The van der Waals surface area contributed by atoms with Gasteiger partial charge in [0.05, 0.1) is 6.20 Å². The maximum atomic E-state index is 10.8. The number of nitrogens with zero attached hydrogens (tertiary/aromatic N) is 2. The molecule has 0 unspecified atom stereocenters. The number of carboxylic acids is 1. The summed E-state index contributed by atoms with van der Waals surface area (Å²) in [6.45, 7) is 0. The monoisotopic (exact) mass is 235 g/mol. The van der Waals surface area contributed by atoms with E-state index in [0.717, 1.165) is 18.7 Å². The van der Waals surface area contributed by atoms with Gasteiger partial charge < -0.3 is 15.0 Å². The molecule has 0 radical (unpaired) electrons. The van der Waals surface area contributed by atoms with Gasteiger partial charge >= 0.3 is 5.97 Å². The van der Waals surface area contributed by atoms with Crippen LogP contribution in [0.3, 0.4) is 0 Å². The summed E-state index contributed by atoms with van der Waals surface area (Å²) < 4.78 is 0. The average Bonchev–Trinajstić information content (AvgIpc) is 2.83. The third-order valence-corrected chi connectivity index (χ3v) is 4.31. The highest BCUT2D eigenvalue weighted by molar-refractivity contribution is 5.85. The molecule has 0 amide bonds. The summed E-state index contributed by atoms with van der Waals surface area (Å²) in [5, 5.41) is 8.88. The van der Waals surface area contributed by atoms with Gasteiger partial charge in [-0.25, -0.2) is 9.78 Å². The second-order valence-electron chi connectivity index (χ2n) is 5.21. The molecule has 2 aliphatic rings. The first-order valence-electron chi connectivity index (χ1n) is 6.15. The molecule has 5 nitrogen and oxygen atoms in total. The van der Waals surface area contributed by atoms with Gasteiger partial charge in [0.1, 0.15) is 11.5 Å². The fourth-order valence-corrected chi connectivity index (χ4v) is 3.29. The first-order valence-corrected chi connectivity index (χ1v) is 6.15. The Bertz CT molecular complexity index is 429. The van der Waals surface area contributed by atoms with E-state index in [2.05, 4.69) is 21.9 Å². The molecular formula is C12H17N3O2. The Hall–Kier alpha value is -1.36. The average molecular weight is 235 g/mol. The fraction of sp³-hybridized carbons (Fsp3) is 0.667. The molecule has 0 spiro atoms. The highest BCUT2D eigenvalue weighted by Crippen LogP contribution is 2.41. The van der Waals surface area contributed by atoms with Gasteiger partial charge in [-0.15, -0.1) is 0 Å². The van der Waals surface area contributed by atoms with Crippen LogP contribution in [0, 0.1) is 0 Å². The second-order valence-corrected chi connectivity index (χ2v) is 5.21. The van der Waals surface area contributed by atoms with Crippen LogP contribution in [-0.4, -0.2) is 45.1 Å². The molecule has 0 aliphatic carbocycles. The molecule has 2 atom stereocenters. The maximum absolute atomic E-state index is 10.8. The van der Waals surface area contributed by atoms with E-state index in [1.165, 1.54) is 19.0 Å². The van der Waals surface area contributed by atoms with Gasteiger partial charge in [0.25, 0.3) is 0 Å². The minimum atomic E-state index is -0.931. The zero-order chi connectivity index (χ0) is 12.0. The normalized spacial score (nSPS) is 32.9. The number of aromatic nitrogens is 2. The van der Waals surface area contributed by atoms with Gasteiger partial charge in [-0.05, 0) is 32.7 Å². The van der Waals surface area contributed by atoms with Crippen molar-refractivity contribution >= 4 is 5.97 Å². The van der Waals surface area contributed by atoms with Crippen LogP contribution in [0.15, 0.2) is 6.20 Å². The largest absolute Gasteiger partial charge is 0.477 e. The molecule has 5 heteroatoms. The quantitative estimate of drug-likeness (QED) is 0.814. The van der Waals surface area contributed by atoms with Gasteiger partial charge in [-0.3, -0.25) is 0 Å². The number of fused-ring (bicyclic) bond motifs is 2. The molecule has 1 aromatic heterocycles. The molecule has 92 valence electrons. The summed E-state index contributed by atoms with van der Waals surface area (Å²) in [6.07, 6.45) is 6.16. The van der Waals surface area contributed by atoms with Crippen molar-refractivity contribution in [1.29, 1.82) is 0 Å².